The molecule has 4 rings (SSSR count). The molecule has 0 radical (unpaired) electrons. The van der Waals surface area contributed by atoms with Crippen LogP contribution in [0.3, 0.4) is 0 Å². The van der Waals surface area contributed by atoms with Crippen molar-refractivity contribution in [2.24, 2.45) is 5.92 Å². The number of rotatable bonds is 8. The highest BCUT2D eigenvalue weighted by Crippen LogP contribution is 2.23. The van der Waals surface area contributed by atoms with E-state index in [0.29, 0.717) is 31.3 Å². The first-order chi connectivity index (χ1) is 17.9. The smallest absolute Gasteiger partial charge is 0.328 e. The fourth-order valence-electron chi connectivity index (χ4n) is 4.32. The molecular formula is C27H33IN6O3. The van der Waals surface area contributed by atoms with Crippen molar-refractivity contribution in [2.45, 2.75) is 30.9 Å². The summed E-state index contributed by atoms with van der Waals surface area (Å²) in [5.74, 6) is 0.987. The fraction of sp³-hybridized carbons (Fsp3) is 0.407. The molecule has 2 N–H and O–H groups in total. The summed E-state index contributed by atoms with van der Waals surface area (Å²) in [6, 6.07) is 15.1. The van der Waals surface area contributed by atoms with Crippen LogP contribution in [0.5, 0.6) is 0 Å². The first-order valence-corrected chi connectivity index (χ1v) is 13.9. The molecule has 196 valence electrons. The summed E-state index contributed by atoms with van der Waals surface area (Å²) >= 11 is 2.31. The number of methoxy groups -OCH3 is 1. The topological polar surface area (TPSA) is 99.7 Å². The van der Waals surface area contributed by atoms with Crippen LogP contribution >= 0.6 is 22.6 Å². The summed E-state index contributed by atoms with van der Waals surface area (Å²) < 4.78 is 5.90. The quantitative estimate of drug-likeness (QED) is 0.218. The lowest BCUT2D eigenvalue weighted by Crippen LogP contribution is -2.49. The summed E-state index contributed by atoms with van der Waals surface area (Å²) in [6.45, 7) is 7.16. The summed E-state index contributed by atoms with van der Waals surface area (Å²) in [6.07, 6.45) is 0. The van der Waals surface area contributed by atoms with Crippen LogP contribution in [0, 0.1) is 5.92 Å². The van der Waals surface area contributed by atoms with Crippen LogP contribution in [0.15, 0.2) is 48.5 Å². The van der Waals surface area contributed by atoms with Gasteiger partial charge in [-0.25, -0.2) is 19.6 Å². The highest BCUT2D eigenvalue weighted by atomic mass is 127. The van der Waals surface area contributed by atoms with E-state index < -0.39 is 6.04 Å². The number of nitrogens with zero attached hydrogens (tertiary/aromatic N) is 4. The van der Waals surface area contributed by atoms with Crippen molar-refractivity contribution in [1.29, 1.82) is 0 Å². The molecule has 1 fully saturated rings. The second-order valence-electron chi connectivity index (χ2n) is 9.42. The van der Waals surface area contributed by atoms with Gasteiger partial charge in [-0.2, -0.15) is 0 Å². The first kappa shape index (κ1) is 27.1. The maximum absolute atomic E-state index is 12.8. The van der Waals surface area contributed by atoms with Crippen molar-refractivity contribution in [3.05, 3.63) is 59.9 Å². The Hall–Kier alpha value is -2.99. The third kappa shape index (κ3) is 6.86. The molecule has 0 aliphatic carbocycles. The molecule has 2 aromatic carbocycles. The molecule has 10 heteroatoms. The molecule has 0 unspecified atom stereocenters. The number of amides is 2. The zero-order valence-electron chi connectivity index (χ0n) is 21.4. The molecule has 2 amide bonds. The molecule has 3 aromatic rings. The van der Waals surface area contributed by atoms with E-state index in [4.69, 9.17) is 14.7 Å². The maximum Gasteiger partial charge on any atom is 0.328 e. The number of esters is 1. The van der Waals surface area contributed by atoms with Gasteiger partial charge in [0.05, 0.1) is 19.2 Å². The summed E-state index contributed by atoms with van der Waals surface area (Å²) in [4.78, 5) is 38.8. The van der Waals surface area contributed by atoms with Gasteiger partial charge >= 0.3 is 12.0 Å². The van der Waals surface area contributed by atoms with E-state index in [9.17, 15) is 9.59 Å². The molecule has 9 nitrogen and oxygen atoms in total. The predicted octanol–water partition coefficient (Wildman–Crippen LogP) is 4.52. The van der Waals surface area contributed by atoms with E-state index in [1.807, 2.05) is 61.2 Å². The summed E-state index contributed by atoms with van der Waals surface area (Å²) in [5.41, 5.74) is 2.81. The van der Waals surface area contributed by atoms with Gasteiger partial charge in [-0.15, -0.1) is 0 Å². The van der Waals surface area contributed by atoms with Crippen LogP contribution in [-0.2, 0) is 20.5 Å². The molecular weight excluding hydrogens is 583 g/mol. The number of benzene rings is 2. The molecule has 0 bridgehead atoms. The number of aromatic nitrogens is 2. The molecule has 1 aromatic heterocycles. The van der Waals surface area contributed by atoms with Crippen LogP contribution < -0.4 is 10.6 Å². The van der Waals surface area contributed by atoms with Crippen molar-refractivity contribution in [2.75, 3.05) is 43.9 Å². The number of hydrogen-bond acceptors (Lipinski definition) is 7. The summed E-state index contributed by atoms with van der Waals surface area (Å²) in [7, 11) is 1.39. The molecule has 0 saturated carbocycles. The number of alkyl halides is 1. The number of carbonyl (C=O) groups is 2. The van der Waals surface area contributed by atoms with Crippen molar-refractivity contribution in [3.8, 4) is 0 Å². The van der Waals surface area contributed by atoms with E-state index in [-0.39, 0.29) is 17.9 Å². The number of fused-ring (bicyclic) bond motifs is 1. The van der Waals surface area contributed by atoms with Gasteiger partial charge in [0.2, 0.25) is 0 Å². The number of hydrogen-bond donors (Lipinski definition) is 2. The minimum Gasteiger partial charge on any atom is -0.467 e. The van der Waals surface area contributed by atoms with Gasteiger partial charge in [-0.3, -0.25) is 4.90 Å². The monoisotopic (exact) mass is 616 g/mol. The van der Waals surface area contributed by atoms with E-state index in [0.717, 1.165) is 34.1 Å². The lowest BCUT2D eigenvalue weighted by atomic mass is 10.0. The third-order valence-electron chi connectivity index (χ3n) is 6.42. The maximum atomic E-state index is 12.8. The first-order valence-electron chi connectivity index (χ1n) is 12.4. The number of urea groups is 1. The third-order valence-corrected chi connectivity index (χ3v) is 7.30. The van der Waals surface area contributed by atoms with E-state index in [1.54, 1.807) is 0 Å². The molecule has 1 atom stereocenters. The van der Waals surface area contributed by atoms with Crippen LogP contribution in [-0.4, -0.2) is 71.1 Å². The highest BCUT2D eigenvalue weighted by Gasteiger charge is 2.26. The number of ether oxygens (including phenoxy) is 1. The SMILES string of the molecule is COC(=O)[C@@H](Nc1nc(CN2CCN(C(=O)Nc3cccc(CI)c3)CC2)nc2ccccc12)C(C)C. The van der Waals surface area contributed by atoms with Gasteiger partial charge in [0, 0.05) is 41.7 Å². The van der Waals surface area contributed by atoms with Crippen molar-refractivity contribution >= 4 is 57.0 Å². The second kappa shape index (κ2) is 12.5. The van der Waals surface area contributed by atoms with Crippen LogP contribution in [0.2, 0.25) is 0 Å². The van der Waals surface area contributed by atoms with Crippen LogP contribution in [0.25, 0.3) is 10.9 Å². The van der Waals surface area contributed by atoms with Gasteiger partial charge in [-0.05, 0) is 35.7 Å². The van der Waals surface area contributed by atoms with Gasteiger partial charge in [0.25, 0.3) is 0 Å². The van der Waals surface area contributed by atoms with Gasteiger partial charge in [-0.1, -0.05) is 60.7 Å². The average Bonchev–Trinajstić information content (AvgIpc) is 2.91. The van der Waals surface area contributed by atoms with E-state index >= 15 is 0 Å². The van der Waals surface area contributed by atoms with Gasteiger partial charge in [0.1, 0.15) is 17.7 Å². The largest absolute Gasteiger partial charge is 0.467 e. The van der Waals surface area contributed by atoms with E-state index in [2.05, 4.69) is 44.2 Å². The molecule has 37 heavy (non-hydrogen) atoms. The number of nitrogens with one attached hydrogen (secondary N) is 2. The van der Waals surface area contributed by atoms with Crippen molar-refractivity contribution < 1.29 is 14.3 Å². The molecule has 2 heterocycles. The van der Waals surface area contributed by atoms with Crippen LogP contribution in [0.4, 0.5) is 16.3 Å². The number of piperazine rings is 1. The Kier molecular flexibility index (Phi) is 9.14. The minimum absolute atomic E-state index is 0.0212. The Labute approximate surface area is 231 Å². The van der Waals surface area contributed by atoms with E-state index in [1.165, 1.54) is 12.7 Å². The molecule has 0 spiro atoms. The average molecular weight is 617 g/mol. The molecule has 1 aliphatic heterocycles. The molecule has 1 aliphatic rings. The predicted molar refractivity (Wildman–Crippen MR) is 154 cm³/mol. The Bertz CT molecular complexity index is 1250. The minimum atomic E-state index is -0.518. The summed E-state index contributed by atoms with van der Waals surface area (Å²) in [5, 5.41) is 7.17. The highest BCUT2D eigenvalue weighted by molar-refractivity contribution is 14.1. The van der Waals surface area contributed by atoms with Gasteiger partial charge < -0.3 is 20.3 Å². The Morgan fingerprint density at radius 2 is 1.81 bits per heavy atom. The standard InChI is InChI=1S/C27H33IN6O3/c1-18(2)24(26(35)37-3)32-25-21-9-4-5-10-22(21)30-23(31-25)17-33-11-13-34(14-12-33)27(36)29-20-8-6-7-19(15-20)16-28/h4-10,15,18,24H,11-14,16-17H2,1-3H3,(H,29,36)(H,30,31,32)/t24-/m0/s1. The Morgan fingerprint density at radius 1 is 1.05 bits per heavy atom. The Morgan fingerprint density at radius 3 is 2.51 bits per heavy atom. The lowest BCUT2D eigenvalue weighted by Gasteiger charge is -2.34. The van der Waals surface area contributed by atoms with Crippen LogP contribution in [0.1, 0.15) is 25.2 Å². The molecule has 1 saturated heterocycles. The number of anilines is 2. The van der Waals surface area contributed by atoms with Crippen molar-refractivity contribution in [1.82, 2.24) is 19.8 Å². The lowest BCUT2D eigenvalue weighted by molar-refractivity contribution is -0.142. The zero-order valence-corrected chi connectivity index (χ0v) is 23.6. The number of para-hydroxylation sites is 1. The Balaban J connectivity index is 1.42. The second-order valence-corrected chi connectivity index (χ2v) is 10.2. The normalized spacial score (nSPS) is 15.0. The fourth-order valence-corrected chi connectivity index (χ4v) is 4.80. The number of halogens is 1. The van der Waals surface area contributed by atoms with Gasteiger partial charge in [0.15, 0.2) is 0 Å². The zero-order chi connectivity index (χ0) is 26.4. The number of carbonyl (C=O) groups excluding carboxylic acids is 2. The van der Waals surface area contributed by atoms with Crippen molar-refractivity contribution in [3.63, 3.8) is 0 Å².